The molecule has 9 heteroatoms. The molecular weight excluding hydrogens is 278 g/mol. The number of aromatic nitrogens is 3. The Morgan fingerprint density at radius 1 is 1.50 bits per heavy atom. The fourth-order valence-corrected chi connectivity index (χ4v) is 2.30. The van der Waals surface area contributed by atoms with Gasteiger partial charge in [-0.25, -0.2) is 8.78 Å². The second-order valence-corrected chi connectivity index (χ2v) is 5.45. The fraction of sp³-hybridized carbons (Fsp3) is 0.818. The van der Waals surface area contributed by atoms with Gasteiger partial charge in [0.15, 0.2) is 0 Å². The summed E-state index contributed by atoms with van der Waals surface area (Å²) in [6.07, 6.45) is -2.08. The van der Waals surface area contributed by atoms with Crippen LogP contribution in [0.3, 0.4) is 0 Å². The van der Waals surface area contributed by atoms with Gasteiger partial charge in [0.2, 0.25) is 11.8 Å². The molecule has 1 aliphatic heterocycles. The van der Waals surface area contributed by atoms with E-state index in [4.69, 9.17) is 5.73 Å². The van der Waals surface area contributed by atoms with Crippen LogP contribution in [0.25, 0.3) is 0 Å². The minimum Gasteiger partial charge on any atom is -0.339 e. The van der Waals surface area contributed by atoms with Crippen LogP contribution >= 0.6 is 0 Å². The standard InChI is InChI=1S/C11H17F4N5/c1-10(5-16)3-2-4-20(6-10)9-17-8(18-19-9)11(14,15)7(12)13/h7H,2-6,16H2,1H3,(H,17,18,19). The third-order valence-corrected chi connectivity index (χ3v) is 3.62. The molecule has 0 aliphatic carbocycles. The van der Waals surface area contributed by atoms with Gasteiger partial charge in [-0.3, -0.25) is 5.10 Å². The molecule has 1 fully saturated rings. The van der Waals surface area contributed by atoms with E-state index in [1.165, 1.54) is 0 Å². The van der Waals surface area contributed by atoms with Gasteiger partial charge in [-0.1, -0.05) is 6.92 Å². The highest BCUT2D eigenvalue weighted by Crippen LogP contribution is 2.34. The summed E-state index contributed by atoms with van der Waals surface area (Å²) < 4.78 is 50.8. The molecule has 3 N–H and O–H groups in total. The van der Waals surface area contributed by atoms with Crippen LogP contribution in [-0.2, 0) is 5.92 Å². The molecule has 0 amide bonds. The molecule has 5 nitrogen and oxygen atoms in total. The van der Waals surface area contributed by atoms with Gasteiger partial charge >= 0.3 is 12.3 Å². The van der Waals surface area contributed by atoms with E-state index in [9.17, 15) is 17.6 Å². The van der Waals surface area contributed by atoms with Crippen LogP contribution in [0.15, 0.2) is 0 Å². The zero-order valence-electron chi connectivity index (χ0n) is 11.0. The fourth-order valence-electron chi connectivity index (χ4n) is 2.30. The Balaban J connectivity index is 2.17. The van der Waals surface area contributed by atoms with Crippen molar-refractivity contribution in [2.24, 2.45) is 11.1 Å². The molecule has 0 saturated carbocycles. The third kappa shape index (κ3) is 2.72. The minimum absolute atomic E-state index is 0.0136. The summed E-state index contributed by atoms with van der Waals surface area (Å²) in [7, 11) is 0. The van der Waals surface area contributed by atoms with Crippen molar-refractivity contribution in [2.75, 3.05) is 24.5 Å². The average molecular weight is 295 g/mol. The van der Waals surface area contributed by atoms with Crippen molar-refractivity contribution >= 4 is 5.95 Å². The Hall–Kier alpha value is -1.38. The molecule has 1 atom stereocenters. The van der Waals surface area contributed by atoms with Crippen LogP contribution in [0, 0.1) is 5.41 Å². The van der Waals surface area contributed by atoms with Gasteiger partial charge in [-0.15, -0.1) is 5.10 Å². The number of hydrogen-bond donors (Lipinski definition) is 2. The maximum Gasteiger partial charge on any atom is 0.365 e. The molecule has 0 spiro atoms. The molecular formula is C11H17F4N5. The molecule has 1 aromatic rings. The monoisotopic (exact) mass is 295 g/mol. The number of halogens is 4. The Morgan fingerprint density at radius 2 is 2.20 bits per heavy atom. The first kappa shape index (κ1) is 15.0. The lowest BCUT2D eigenvalue weighted by Crippen LogP contribution is -2.46. The largest absolute Gasteiger partial charge is 0.365 e. The molecule has 0 radical (unpaired) electrons. The highest BCUT2D eigenvalue weighted by atomic mass is 19.3. The Bertz CT molecular complexity index is 463. The second-order valence-electron chi connectivity index (χ2n) is 5.45. The van der Waals surface area contributed by atoms with Crippen molar-refractivity contribution in [3.05, 3.63) is 5.82 Å². The predicted octanol–water partition coefficient (Wildman–Crippen LogP) is 1.73. The van der Waals surface area contributed by atoms with Crippen LogP contribution in [-0.4, -0.2) is 41.2 Å². The summed E-state index contributed by atoms with van der Waals surface area (Å²) in [5, 5.41) is 5.53. The topological polar surface area (TPSA) is 70.8 Å². The normalized spacial score (nSPS) is 24.4. The van der Waals surface area contributed by atoms with Gasteiger partial charge in [-0.2, -0.15) is 13.8 Å². The Kier molecular flexibility index (Phi) is 3.90. The van der Waals surface area contributed by atoms with Gasteiger partial charge in [0, 0.05) is 13.1 Å². The van der Waals surface area contributed by atoms with Crippen molar-refractivity contribution in [1.82, 2.24) is 15.2 Å². The lowest BCUT2D eigenvalue weighted by molar-refractivity contribution is -0.140. The van der Waals surface area contributed by atoms with Gasteiger partial charge in [-0.05, 0) is 24.8 Å². The quantitative estimate of drug-likeness (QED) is 0.830. The molecule has 2 rings (SSSR count). The molecule has 0 bridgehead atoms. The molecule has 20 heavy (non-hydrogen) atoms. The van der Waals surface area contributed by atoms with Gasteiger partial charge in [0.05, 0.1) is 0 Å². The van der Waals surface area contributed by atoms with E-state index in [-0.39, 0.29) is 11.4 Å². The molecule has 114 valence electrons. The number of nitrogens with one attached hydrogen (secondary N) is 1. The van der Waals surface area contributed by atoms with Crippen LogP contribution in [0.1, 0.15) is 25.6 Å². The van der Waals surface area contributed by atoms with Crippen molar-refractivity contribution in [2.45, 2.75) is 32.1 Å². The lowest BCUT2D eigenvalue weighted by atomic mass is 9.82. The number of anilines is 1. The zero-order valence-corrected chi connectivity index (χ0v) is 11.0. The number of hydrogen-bond acceptors (Lipinski definition) is 4. The lowest BCUT2D eigenvalue weighted by Gasteiger charge is -2.39. The third-order valence-electron chi connectivity index (χ3n) is 3.62. The summed E-state index contributed by atoms with van der Waals surface area (Å²) in [6, 6.07) is 0. The van der Waals surface area contributed by atoms with E-state index in [1.54, 1.807) is 4.90 Å². The molecule has 1 unspecified atom stereocenters. The molecule has 0 aromatic carbocycles. The second kappa shape index (κ2) is 5.19. The van der Waals surface area contributed by atoms with E-state index in [1.807, 2.05) is 12.0 Å². The van der Waals surface area contributed by atoms with Gasteiger partial charge in [0.1, 0.15) is 0 Å². The van der Waals surface area contributed by atoms with Crippen LogP contribution in [0.4, 0.5) is 23.5 Å². The first-order valence-electron chi connectivity index (χ1n) is 6.32. The summed E-state index contributed by atoms with van der Waals surface area (Å²) >= 11 is 0. The summed E-state index contributed by atoms with van der Waals surface area (Å²) in [5.41, 5.74) is 5.55. The van der Waals surface area contributed by atoms with E-state index >= 15 is 0 Å². The smallest absolute Gasteiger partial charge is 0.339 e. The van der Waals surface area contributed by atoms with Crippen molar-refractivity contribution in [3.8, 4) is 0 Å². The van der Waals surface area contributed by atoms with Crippen LogP contribution < -0.4 is 10.6 Å². The van der Waals surface area contributed by atoms with Crippen molar-refractivity contribution in [1.29, 1.82) is 0 Å². The van der Waals surface area contributed by atoms with Crippen LogP contribution in [0.2, 0.25) is 0 Å². The number of alkyl halides is 4. The van der Waals surface area contributed by atoms with Crippen LogP contribution in [0.5, 0.6) is 0 Å². The Labute approximate surface area is 113 Å². The molecule has 1 aromatic heterocycles. The average Bonchev–Trinajstić information content (AvgIpc) is 2.89. The highest BCUT2D eigenvalue weighted by molar-refractivity contribution is 5.31. The van der Waals surface area contributed by atoms with E-state index < -0.39 is 18.2 Å². The summed E-state index contributed by atoms with van der Waals surface area (Å²) in [6.45, 7) is 3.54. The molecule has 1 aliphatic rings. The van der Waals surface area contributed by atoms with Crippen molar-refractivity contribution < 1.29 is 17.6 Å². The maximum atomic E-state index is 13.2. The summed E-state index contributed by atoms with van der Waals surface area (Å²) in [4.78, 5) is 5.21. The van der Waals surface area contributed by atoms with E-state index in [2.05, 4.69) is 10.1 Å². The predicted molar refractivity (Wildman–Crippen MR) is 64.9 cm³/mol. The number of nitrogens with zero attached hydrogens (tertiary/aromatic N) is 3. The maximum absolute atomic E-state index is 13.2. The minimum atomic E-state index is -4.32. The van der Waals surface area contributed by atoms with Crippen molar-refractivity contribution in [3.63, 3.8) is 0 Å². The van der Waals surface area contributed by atoms with Gasteiger partial charge in [0.25, 0.3) is 0 Å². The number of piperidine rings is 1. The number of H-pyrrole nitrogens is 1. The Morgan fingerprint density at radius 3 is 2.80 bits per heavy atom. The number of rotatable bonds is 4. The van der Waals surface area contributed by atoms with Gasteiger partial charge < -0.3 is 10.6 Å². The number of aromatic amines is 1. The van der Waals surface area contributed by atoms with E-state index in [0.29, 0.717) is 19.6 Å². The highest BCUT2D eigenvalue weighted by Gasteiger charge is 2.46. The number of nitrogens with two attached hydrogens (primary N) is 1. The zero-order chi connectivity index (χ0) is 15.0. The SMILES string of the molecule is CC1(CN)CCCN(c2n[nH]c(C(F)(F)C(F)F)n2)C1. The molecule has 1 saturated heterocycles. The first-order chi connectivity index (χ1) is 9.28. The summed E-state index contributed by atoms with van der Waals surface area (Å²) in [5.74, 6) is -5.42. The van der Waals surface area contributed by atoms with E-state index in [0.717, 1.165) is 12.8 Å². The molecule has 2 heterocycles. The first-order valence-corrected chi connectivity index (χ1v) is 6.32.